The topological polar surface area (TPSA) is 25.8 Å². The Balaban J connectivity index is 0.00000162. The summed E-state index contributed by atoms with van der Waals surface area (Å²) >= 11 is 0. The smallest absolute Gasteiger partial charge is 0.0163 e. The molecule has 2 aromatic rings. The summed E-state index contributed by atoms with van der Waals surface area (Å²) in [5.41, 5.74) is 4.31. The molecule has 4 heteroatoms. The summed E-state index contributed by atoms with van der Waals surface area (Å²) in [4.78, 5) is 8.69. The molecular formula is C15H17BIrN2-. The average molecular weight is 428 g/mol. The first kappa shape index (κ1) is 18.0. The molecule has 0 saturated carbocycles. The monoisotopic (exact) mass is 429 g/mol. The van der Waals surface area contributed by atoms with E-state index >= 15 is 0 Å². The molecule has 0 aliphatic carbocycles. The van der Waals surface area contributed by atoms with E-state index in [1.54, 1.807) is 6.20 Å². The Morgan fingerprint density at radius 3 is 2.37 bits per heavy atom. The SMILES string of the molecule is Cc1ncc[c-]c1-c1cc(C(C)(C)C)ccn1.[B].[Ir]. The molecule has 0 fully saturated rings. The zero-order valence-electron chi connectivity index (χ0n) is 11.7. The molecule has 2 aromatic heterocycles. The van der Waals surface area contributed by atoms with Gasteiger partial charge in [0, 0.05) is 34.7 Å². The van der Waals surface area contributed by atoms with Crippen LogP contribution in [0.2, 0.25) is 0 Å². The average Bonchev–Trinajstić information content (AvgIpc) is 2.29. The second-order valence-electron chi connectivity index (χ2n) is 5.23. The van der Waals surface area contributed by atoms with Gasteiger partial charge in [-0.15, -0.1) is 17.7 Å². The third-order valence-electron chi connectivity index (χ3n) is 2.81. The fourth-order valence-electron chi connectivity index (χ4n) is 1.73. The normalized spacial score (nSPS) is 10.3. The van der Waals surface area contributed by atoms with Crippen molar-refractivity contribution >= 4 is 8.41 Å². The van der Waals surface area contributed by atoms with Crippen LogP contribution in [0.5, 0.6) is 0 Å². The number of hydrogen-bond acceptors (Lipinski definition) is 2. The summed E-state index contributed by atoms with van der Waals surface area (Å²) in [5, 5.41) is 0. The van der Waals surface area contributed by atoms with Crippen LogP contribution in [-0.4, -0.2) is 18.4 Å². The second kappa shape index (κ2) is 6.97. The number of pyridine rings is 2. The van der Waals surface area contributed by atoms with E-state index in [4.69, 9.17) is 0 Å². The third kappa shape index (κ3) is 4.26. The van der Waals surface area contributed by atoms with Crippen LogP contribution >= 0.6 is 0 Å². The Labute approximate surface area is 131 Å². The molecule has 0 atom stereocenters. The van der Waals surface area contributed by atoms with Crippen molar-refractivity contribution in [2.75, 3.05) is 0 Å². The van der Waals surface area contributed by atoms with Crippen LogP contribution in [0.3, 0.4) is 0 Å². The molecule has 2 nitrogen and oxygen atoms in total. The maximum Gasteiger partial charge on any atom is 0.0163 e. The predicted octanol–water partition coefficient (Wildman–Crippen LogP) is 3.17. The molecule has 0 saturated heterocycles. The van der Waals surface area contributed by atoms with Crippen molar-refractivity contribution < 1.29 is 20.1 Å². The minimum Gasteiger partial charge on any atom is -0.357 e. The zero-order valence-corrected chi connectivity index (χ0v) is 14.1. The second-order valence-corrected chi connectivity index (χ2v) is 5.23. The Kier molecular flexibility index (Phi) is 6.61. The summed E-state index contributed by atoms with van der Waals surface area (Å²) < 4.78 is 0. The van der Waals surface area contributed by atoms with Crippen molar-refractivity contribution in [3.05, 3.63) is 47.9 Å². The maximum atomic E-state index is 4.41. The van der Waals surface area contributed by atoms with Gasteiger partial charge in [0.2, 0.25) is 0 Å². The Morgan fingerprint density at radius 2 is 1.79 bits per heavy atom. The van der Waals surface area contributed by atoms with Gasteiger partial charge < -0.3 is 9.97 Å². The Morgan fingerprint density at radius 1 is 1.11 bits per heavy atom. The van der Waals surface area contributed by atoms with Crippen molar-refractivity contribution in [3.63, 3.8) is 0 Å². The molecule has 0 aliphatic heterocycles. The number of aromatic nitrogens is 2. The largest absolute Gasteiger partial charge is 0.357 e. The van der Waals surface area contributed by atoms with Gasteiger partial charge in [-0.25, -0.2) is 0 Å². The number of rotatable bonds is 1. The van der Waals surface area contributed by atoms with E-state index in [-0.39, 0.29) is 33.9 Å². The molecule has 2 rings (SSSR count). The van der Waals surface area contributed by atoms with Crippen LogP contribution in [0, 0.1) is 13.0 Å². The van der Waals surface area contributed by atoms with E-state index in [9.17, 15) is 0 Å². The summed E-state index contributed by atoms with van der Waals surface area (Å²) in [6.45, 7) is 8.58. The van der Waals surface area contributed by atoms with E-state index in [1.165, 1.54) is 5.56 Å². The van der Waals surface area contributed by atoms with Crippen LogP contribution in [0.4, 0.5) is 0 Å². The summed E-state index contributed by atoms with van der Waals surface area (Å²) in [6.07, 6.45) is 3.61. The van der Waals surface area contributed by atoms with Crippen LogP contribution in [0.25, 0.3) is 11.3 Å². The van der Waals surface area contributed by atoms with Crippen molar-refractivity contribution in [1.82, 2.24) is 9.97 Å². The third-order valence-corrected chi connectivity index (χ3v) is 2.81. The molecule has 2 heterocycles. The van der Waals surface area contributed by atoms with Gasteiger partial charge in [-0.3, -0.25) is 0 Å². The van der Waals surface area contributed by atoms with Gasteiger partial charge in [0.1, 0.15) is 0 Å². The van der Waals surface area contributed by atoms with Gasteiger partial charge in [-0.05, 0) is 28.4 Å². The standard InChI is InChI=1S/C15H17N2.B.Ir/c1-11-13(6-5-8-16-11)14-10-12(7-9-17-14)15(2,3)4;;/h5,7-10H,1-4H3;;/q-1;;. The minimum absolute atomic E-state index is 0. The molecule has 0 N–H and O–H groups in total. The van der Waals surface area contributed by atoms with Crippen molar-refractivity contribution in [1.29, 1.82) is 0 Å². The molecule has 100 valence electrons. The van der Waals surface area contributed by atoms with Gasteiger partial charge in [-0.2, -0.15) is 0 Å². The fourth-order valence-corrected chi connectivity index (χ4v) is 1.73. The first-order valence-corrected chi connectivity index (χ1v) is 5.78. The van der Waals surface area contributed by atoms with Gasteiger partial charge in [0.25, 0.3) is 0 Å². The Bertz CT molecular complexity index is 536. The number of nitrogens with zero attached hydrogens (tertiary/aromatic N) is 2. The van der Waals surface area contributed by atoms with Crippen LogP contribution in [-0.2, 0) is 25.5 Å². The zero-order chi connectivity index (χ0) is 12.5. The van der Waals surface area contributed by atoms with Gasteiger partial charge in [-0.1, -0.05) is 40.0 Å². The van der Waals surface area contributed by atoms with Gasteiger partial charge in [0.05, 0.1) is 0 Å². The van der Waals surface area contributed by atoms with Crippen LogP contribution < -0.4 is 0 Å². The first-order valence-electron chi connectivity index (χ1n) is 5.78. The maximum absolute atomic E-state index is 4.41. The molecule has 0 spiro atoms. The van der Waals surface area contributed by atoms with E-state index in [2.05, 4.69) is 48.9 Å². The molecule has 0 aliphatic rings. The summed E-state index contributed by atoms with van der Waals surface area (Å²) in [6, 6.07) is 9.22. The van der Waals surface area contributed by atoms with Gasteiger partial charge >= 0.3 is 0 Å². The van der Waals surface area contributed by atoms with Crippen LogP contribution in [0.1, 0.15) is 32.0 Å². The molecule has 0 amide bonds. The molecule has 4 radical (unpaired) electrons. The van der Waals surface area contributed by atoms with Crippen molar-refractivity contribution in [2.45, 2.75) is 33.1 Å². The fraction of sp³-hybridized carbons (Fsp3) is 0.333. The van der Waals surface area contributed by atoms with Crippen molar-refractivity contribution in [3.8, 4) is 11.3 Å². The molecule has 0 unspecified atom stereocenters. The number of hydrogen-bond donors (Lipinski definition) is 0. The van der Waals surface area contributed by atoms with Crippen molar-refractivity contribution in [2.24, 2.45) is 0 Å². The molecule has 19 heavy (non-hydrogen) atoms. The predicted molar refractivity (Wildman–Crippen MR) is 75.5 cm³/mol. The minimum atomic E-state index is 0. The van der Waals surface area contributed by atoms with E-state index in [0.717, 1.165) is 17.0 Å². The van der Waals surface area contributed by atoms with E-state index in [1.807, 2.05) is 19.2 Å². The summed E-state index contributed by atoms with van der Waals surface area (Å²) in [7, 11) is 0. The van der Waals surface area contributed by atoms with E-state index < -0.39 is 0 Å². The Hall–Kier alpha value is -0.986. The first-order chi connectivity index (χ1) is 7.98. The number of aryl methyl sites for hydroxylation is 1. The van der Waals surface area contributed by atoms with Crippen LogP contribution in [0.15, 0.2) is 30.6 Å². The summed E-state index contributed by atoms with van der Waals surface area (Å²) in [5.74, 6) is 0. The van der Waals surface area contributed by atoms with Gasteiger partial charge in [0.15, 0.2) is 0 Å². The molecule has 0 aromatic carbocycles. The molecular weight excluding hydrogens is 411 g/mol. The molecule has 0 bridgehead atoms. The van der Waals surface area contributed by atoms with E-state index in [0.29, 0.717) is 0 Å². The quantitative estimate of drug-likeness (QED) is 0.515.